The fourth-order valence-corrected chi connectivity index (χ4v) is 8.03. The Kier molecular flexibility index (Phi) is 20.5. The van der Waals surface area contributed by atoms with Crippen molar-refractivity contribution in [2.45, 2.75) is 169 Å². The zero-order valence-electron chi connectivity index (χ0n) is 36.3. The lowest BCUT2D eigenvalue weighted by Crippen LogP contribution is -2.67. The molecule has 1 aromatic carbocycles. The highest BCUT2D eigenvalue weighted by molar-refractivity contribution is 5.95. The van der Waals surface area contributed by atoms with Crippen molar-refractivity contribution < 1.29 is 118 Å². The van der Waals surface area contributed by atoms with Crippen molar-refractivity contribution in [1.29, 1.82) is 0 Å². The van der Waals surface area contributed by atoms with Gasteiger partial charge in [0.2, 0.25) is 12.2 Å². The monoisotopic (exact) mass is 967 g/mol. The summed E-state index contributed by atoms with van der Waals surface area (Å²) < 4.78 is 59.1. The van der Waals surface area contributed by atoms with Crippen LogP contribution in [0.15, 0.2) is 18.2 Å². The second-order valence-electron chi connectivity index (χ2n) is 16.6. The van der Waals surface area contributed by atoms with E-state index in [2.05, 4.69) is 11.2 Å². The summed E-state index contributed by atoms with van der Waals surface area (Å²) in [6.07, 6.45) is -29.6. The van der Waals surface area contributed by atoms with Crippen LogP contribution in [-0.2, 0) is 49.4 Å². The molecule has 25 heteroatoms. The molecular weight excluding hydrogens is 905 g/mol. The van der Waals surface area contributed by atoms with Gasteiger partial charge in [0.1, 0.15) is 116 Å². The summed E-state index contributed by atoms with van der Waals surface area (Å²) in [7, 11) is 0. The van der Waals surface area contributed by atoms with Gasteiger partial charge in [-0.15, -0.1) is 12.3 Å². The Bertz CT molecular complexity index is 1770. The van der Waals surface area contributed by atoms with Crippen LogP contribution in [0.4, 0.5) is 10.1 Å². The third-order valence-corrected chi connectivity index (χ3v) is 11.9. The predicted molar refractivity (Wildman–Crippen MR) is 218 cm³/mol. The Labute approximate surface area is 383 Å². The van der Waals surface area contributed by atoms with Crippen LogP contribution in [0.3, 0.4) is 0 Å². The van der Waals surface area contributed by atoms with Crippen LogP contribution in [0.1, 0.15) is 44.6 Å². The molecule has 67 heavy (non-hydrogen) atoms. The van der Waals surface area contributed by atoms with Gasteiger partial charge in [-0.1, -0.05) is 13.3 Å². The zero-order valence-corrected chi connectivity index (χ0v) is 36.3. The van der Waals surface area contributed by atoms with E-state index < -0.39 is 168 Å². The molecule has 4 aliphatic rings. The lowest BCUT2D eigenvalue weighted by atomic mass is 9.95. The number of aliphatic hydroxyl groups is 13. The summed E-state index contributed by atoms with van der Waals surface area (Å²) in [6, 6.07) is 3.81. The molecule has 4 heterocycles. The molecule has 14 N–H and O–H groups in total. The third-order valence-electron chi connectivity index (χ3n) is 11.9. The van der Waals surface area contributed by atoms with Gasteiger partial charge in [0, 0.05) is 30.5 Å². The molecule has 5 rings (SSSR count). The molecule has 0 aliphatic carbocycles. The van der Waals surface area contributed by atoms with Crippen molar-refractivity contribution in [2.75, 3.05) is 31.7 Å². The standard InChI is InChI=1S/C42H62FNO23/c1-3-5-7-20(49)11-17(6-4-2)38(59)44-19-8-9-21(18(10-19)12-43)60-39-32(56)28(52)35(23(14-46)62-39)66-41-34(58)30(54)37(25(16-48)64-41)67-42-33(57)29(53)36(24(15-47)63-42)65-40-31(55)27(51)26(50)22(13-45)61-40/h2,8-10,17,22-37,39-42,45-48,50-58H,3,5-7,11-16H2,1H3,(H,44,59)/t17?,22?,23?,24?,25?,26-,27+,28-,29-,30-,31?,32?,33?,34?,35+,36-,37+,39-,40-,41-,42-/m1/s1. The SMILES string of the molecule is C#CCC(CC(=O)CCCC)C(=O)Nc1ccc(O[C@@H]2OC(CO)[C@H](O[C@H]3OC(CO)[C@H](O[C@H]4OC(CO)[C@@H](O[C@H]5OC(CO)[C@@H](O)[C@H](O)C5O)[C@H](O)C4O)[C@H](O)C3O)[C@H](O)C2O)c(CF)c1. The highest BCUT2D eigenvalue weighted by Crippen LogP contribution is 2.35. The average Bonchev–Trinajstić information content (AvgIpc) is 3.32. The van der Waals surface area contributed by atoms with E-state index in [1.54, 1.807) is 0 Å². The van der Waals surface area contributed by atoms with Gasteiger partial charge in [-0.05, 0) is 24.6 Å². The number of benzene rings is 1. The first-order valence-corrected chi connectivity index (χ1v) is 21.7. The Morgan fingerprint density at radius 1 is 0.672 bits per heavy atom. The van der Waals surface area contributed by atoms with Gasteiger partial charge in [0.15, 0.2) is 18.9 Å². The van der Waals surface area contributed by atoms with Crippen molar-refractivity contribution >= 4 is 17.4 Å². The maximum atomic E-state index is 14.3. The Balaban J connectivity index is 1.21. The molecule has 0 bridgehead atoms. The van der Waals surface area contributed by atoms with Crippen molar-refractivity contribution in [3.8, 4) is 18.1 Å². The highest BCUT2D eigenvalue weighted by atomic mass is 19.1. The number of halogens is 1. The van der Waals surface area contributed by atoms with Crippen LogP contribution in [0, 0.1) is 18.3 Å². The molecule has 4 saturated heterocycles. The van der Waals surface area contributed by atoms with Crippen LogP contribution >= 0.6 is 0 Å². The molecule has 4 fully saturated rings. The zero-order chi connectivity index (χ0) is 49.3. The number of aliphatic hydroxyl groups excluding tert-OH is 13. The van der Waals surface area contributed by atoms with E-state index >= 15 is 0 Å². The summed E-state index contributed by atoms with van der Waals surface area (Å²) in [5.41, 5.74) is -0.00693. The first-order chi connectivity index (χ1) is 32.0. The van der Waals surface area contributed by atoms with E-state index in [1.807, 2.05) is 6.92 Å². The quantitative estimate of drug-likeness (QED) is 0.0511. The number of anilines is 1. The summed E-state index contributed by atoms with van der Waals surface area (Å²) in [6.45, 7) is -2.85. The Hall–Kier alpha value is -3.15. The molecule has 0 spiro atoms. The van der Waals surface area contributed by atoms with Crippen molar-refractivity contribution in [2.24, 2.45) is 5.92 Å². The molecule has 24 nitrogen and oxygen atoms in total. The van der Waals surface area contributed by atoms with Crippen molar-refractivity contribution in [3.63, 3.8) is 0 Å². The molecular formula is C42H62FNO23. The first-order valence-electron chi connectivity index (χ1n) is 21.7. The summed E-state index contributed by atoms with van der Waals surface area (Å²) >= 11 is 0. The van der Waals surface area contributed by atoms with Gasteiger partial charge in [-0.3, -0.25) is 9.59 Å². The van der Waals surface area contributed by atoms with Gasteiger partial charge in [0.05, 0.1) is 32.3 Å². The number of ketones is 1. The number of Topliss-reactive ketones (excluding diaryl/α,β-unsaturated/α-hetero) is 1. The normalized spacial score (nSPS) is 39.6. The van der Waals surface area contributed by atoms with Gasteiger partial charge >= 0.3 is 0 Å². The predicted octanol–water partition coefficient (Wildman–Crippen LogP) is -5.47. The van der Waals surface area contributed by atoms with E-state index in [0.29, 0.717) is 12.8 Å². The van der Waals surface area contributed by atoms with Crippen molar-refractivity contribution in [1.82, 2.24) is 0 Å². The van der Waals surface area contributed by atoms with Crippen LogP contribution in [0.2, 0.25) is 0 Å². The summed E-state index contributed by atoms with van der Waals surface area (Å²) in [5.74, 6) is 0.664. The largest absolute Gasteiger partial charge is 0.462 e. The second-order valence-corrected chi connectivity index (χ2v) is 16.6. The lowest BCUT2D eigenvalue weighted by Gasteiger charge is -2.49. The van der Waals surface area contributed by atoms with Gasteiger partial charge in [0.25, 0.3) is 0 Å². The number of alkyl halides is 1. The smallest absolute Gasteiger partial charge is 0.229 e. The number of amides is 1. The maximum Gasteiger partial charge on any atom is 0.229 e. The maximum absolute atomic E-state index is 14.3. The molecule has 1 amide bonds. The third kappa shape index (κ3) is 12.8. The van der Waals surface area contributed by atoms with E-state index in [-0.39, 0.29) is 35.6 Å². The first kappa shape index (κ1) is 54.8. The fraction of sp³-hybridized carbons (Fsp3) is 0.762. The topological polar surface area (TPSA) is 383 Å². The van der Waals surface area contributed by atoms with Gasteiger partial charge in [-0.2, -0.15) is 0 Å². The van der Waals surface area contributed by atoms with Gasteiger partial charge < -0.3 is 110 Å². The Morgan fingerprint density at radius 3 is 1.57 bits per heavy atom. The molecule has 9 unspecified atom stereocenters. The molecule has 1 aromatic rings. The second kappa shape index (κ2) is 25.1. The number of unbranched alkanes of at least 4 members (excludes halogenated alkanes) is 1. The number of nitrogens with one attached hydrogen (secondary N) is 1. The van der Waals surface area contributed by atoms with Crippen molar-refractivity contribution in [3.05, 3.63) is 23.8 Å². The van der Waals surface area contributed by atoms with Crippen LogP contribution in [0.5, 0.6) is 5.75 Å². The molecule has 4 aliphatic heterocycles. The number of hydrogen-bond acceptors (Lipinski definition) is 23. The molecule has 0 aromatic heterocycles. The summed E-state index contributed by atoms with van der Waals surface area (Å²) in [4.78, 5) is 25.4. The van der Waals surface area contributed by atoms with Gasteiger partial charge in [-0.25, -0.2) is 4.39 Å². The lowest BCUT2D eigenvalue weighted by molar-refractivity contribution is -0.387. The Morgan fingerprint density at radius 2 is 1.12 bits per heavy atom. The van der Waals surface area contributed by atoms with Crippen LogP contribution in [-0.4, -0.2) is 227 Å². The number of carbonyl (C=O) groups is 2. The van der Waals surface area contributed by atoms with E-state index in [4.69, 9.17) is 44.3 Å². The van der Waals surface area contributed by atoms with Crippen LogP contribution in [0.25, 0.3) is 0 Å². The number of terminal acetylenes is 1. The average molecular weight is 968 g/mol. The molecule has 0 saturated carbocycles. The number of rotatable bonds is 21. The number of hydrogen-bond donors (Lipinski definition) is 14. The number of carbonyl (C=O) groups excluding carboxylic acids is 2. The minimum absolute atomic E-state index is 0.0144. The summed E-state index contributed by atoms with van der Waals surface area (Å²) in [5, 5.41) is 140. The number of ether oxygens (including phenoxy) is 8. The van der Waals surface area contributed by atoms with Crippen LogP contribution < -0.4 is 10.1 Å². The minimum atomic E-state index is -2.11. The minimum Gasteiger partial charge on any atom is -0.462 e. The molecule has 21 atom stereocenters. The van der Waals surface area contributed by atoms with E-state index in [9.17, 15) is 80.4 Å². The molecule has 0 radical (unpaired) electrons. The fourth-order valence-electron chi connectivity index (χ4n) is 8.03. The molecule has 380 valence electrons. The van der Waals surface area contributed by atoms with E-state index in [1.165, 1.54) is 18.2 Å². The van der Waals surface area contributed by atoms with E-state index in [0.717, 1.165) is 6.42 Å². The highest BCUT2D eigenvalue weighted by Gasteiger charge is 2.55.